The number of benzene rings is 2. The molecule has 6 rings (SSSR count). The molecule has 2 aromatic rings. The van der Waals surface area contributed by atoms with Gasteiger partial charge in [0, 0.05) is 86.9 Å². The lowest BCUT2D eigenvalue weighted by Crippen LogP contribution is -2.35. The number of carbonyl (C=O) groups excluding carboxylic acids is 4. The van der Waals surface area contributed by atoms with Gasteiger partial charge in [-0.05, 0) is 81.5 Å². The molecule has 0 saturated carbocycles. The molecule has 0 radical (unpaired) electrons. The summed E-state index contributed by atoms with van der Waals surface area (Å²) in [5.41, 5.74) is -1.13. The van der Waals surface area contributed by atoms with Gasteiger partial charge in [-0.25, -0.2) is 30.0 Å². The highest BCUT2D eigenvalue weighted by Crippen LogP contribution is 2.52. The summed E-state index contributed by atoms with van der Waals surface area (Å²) < 4.78 is 144. The fraction of sp³-hybridized carbons (Fsp3) is 0.531. The summed E-state index contributed by atoms with van der Waals surface area (Å²) >= 11 is 0. The monoisotopic (exact) mass is 1120 g/mol. The van der Waals surface area contributed by atoms with E-state index in [4.69, 9.17) is 33.3 Å². The van der Waals surface area contributed by atoms with Crippen molar-refractivity contribution >= 4 is 71.0 Å². The molecule has 2 amide bonds. The van der Waals surface area contributed by atoms with Crippen LogP contribution in [-0.4, -0.2) is 182 Å². The van der Waals surface area contributed by atoms with Gasteiger partial charge in [0.15, 0.2) is 12.3 Å². The van der Waals surface area contributed by atoms with Crippen LogP contribution in [0.15, 0.2) is 80.9 Å². The number of carbonyl (C=O) groups is 4. The molecule has 2 aromatic carbocycles. The van der Waals surface area contributed by atoms with Crippen LogP contribution in [0.1, 0.15) is 69.9 Å². The van der Waals surface area contributed by atoms with Gasteiger partial charge in [-0.3, -0.25) is 14.4 Å². The second-order valence-electron chi connectivity index (χ2n) is 18.5. The molecule has 418 valence electrons. The molecule has 1 aliphatic carbocycles. The number of aliphatic hydroxyl groups is 1. The number of ether oxygens (including phenoxy) is 6. The summed E-state index contributed by atoms with van der Waals surface area (Å²) in [4.78, 5) is 57.2. The van der Waals surface area contributed by atoms with Gasteiger partial charge in [0.25, 0.3) is 11.8 Å². The number of nitrogens with zero attached hydrogens (tertiary/aromatic N) is 3. The first-order chi connectivity index (χ1) is 35.9. The van der Waals surface area contributed by atoms with Crippen LogP contribution in [0, 0.1) is 0 Å². The summed E-state index contributed by atoms with van der Waals surface area (Å²) in [6, 6.07) is 7.36. The van der Waals surface area contributed by atoms with Crippen LogP contribution in [-0.2, 0) is 93.6 Å². The number of rotatable bonds is 31. The number of methoxy groups -OCH3 is 2. The predicted molar refractivity (Wildman–Crippen MR) is 263 cm³/mol. The Morgan fingerprint density at radius 2 is 1.26 bits per heavy atom. The summed E-state index contributed by atoms with van der Waals surface area (Å²) in [7, 11) is -11.7. The Morgan fingerprint density at radius 3 is 1.82 bits per heavy atom. The molecular formula is C49H61N3O21S3-2. The van der Waals surface area contributed by atoms with Crippen molar-refractivity contribution in [2.24, 2.45) is 0 Å². The Labute approximate surface area is 441 Å². The number of allylic oxidation sites excluding steroid dienone is 5. The second kappa shape index (κ2) is 25.4. The Kier molecular flexibility index (Phi) is 20.1. The summed E-state index contributed by atoms with van der Waals surface area (Å²) in [5.74, 6) is -4.26. The maximum Gasteiger partial charge on any atom is 0.333 e. The van der Waals surface area contributed by atoms with Crippen LogP contribution in [0.2, 0.25) is 0 Å². The average molecular weight is 1120 g/mol. The van der Waals surface area contributed by atoms with E-state index in [-0.39, 0.29) is 113 Å². The number of hydrogen-bond donors (Lipinski definition) is 1. The molecule has 24 nitrogen and oxygen atoms in total. The van der Waals surface area contributed by atoms with Crippen LogP contribution >= 0.6 is 0 Å². The number of amides is 2. The molecular weight excluding hydrogens is 1060 g/mol. The van der Waals surface area contributed by atoms with Gasteiger partial charge in [0.1, 0.15) is 32.6 Å². The number of hydroxylamine groups is 2. The third-order valence-corrected chi connectivity index (χ3v) is 15.9. The number of hydrogen-bond acceptors (Lipinski definition) is 22. The highest BCUT2D eigenvalue weighted by atomic mass is 32.2. The van der Waals surface area contributed by atoms with Crippen molar-refractivity contribution < 1.29 is 101 Å². The summed E-state index contributed by atoms with van der Waals surface area (Å²) in [6.45, 7) is 6.02. The van der Waals surface area contributed by atoms with Crippen molar-refractivity contribution in [1.82, 2.24) is 5.06 Å². The molecule has 1 N–H and O–H groups in total. The minimum atomic E-state index is -5.03. The van der Waals surface area contributed by atoms with Crippen LogP contribution < -0.4 is 4.90 Å². The number of aliphatic hydroxyl groups excluding tert-OH is 1. The lowest BCUT2D eigenvalue weighted by atomic mass is 9.73. The quantitative estimate of drug-likeness (QED) is 0.0372. The molecule has 3 heterocycles. The second-order valence-corrected chi connectivity index (χ2v) is 22.8. The van der Waals surface area contributed by atoms with Gasteiger partial charge >= 0.3 is 5.97 Å². The van der Waals surface area contributed by atoms with Crippen molar-refractivity contribution in [1.29, 1.82) is 0 Å². The first kappa shape index (κ1) is 59.9. The molecule has 1 saturated heterocycles. The Hall–Kier alpha value is -5.30. The van der Waals surface area contributed by atoms with E-state index in [9.17, 15) is 63.2 Å². The first-order valence-corrected chi connectivity index (χ1v) is 28.6. The fourth-order valence-electron chi connectivity index (χ4n) is 9.45. The molecule has 4 aliphatic rings. The number of fused-ring (bicyclic) bond motifs is 2. The molecule has 2 atom stereocenters. The summed E-state index contributed by atoms with van der Waals surface area (Å²) in [5, 5.41) is 12.3. The van der Waals surface area contributed by atoms with Gasteiger partial charge in [-0.1, -0.05) is 0 Å². The minimum absolute atomic E-state index is 0.00901. The standard InChI is InChI=1S/C49H63N3O21S3/c1-48(14-6-28-74(58,59)60)37-29-33(75(61,62)63)9-11-40(37)51(17-19-69-22-23-71-26-27-72-25-24-70-21-20-68-4)41(48)31-35-46(56)36(47(35)57)32-42-49(2,15-18-67-3)38-30-34(76(64,65)66)8-10-39(38)50(42)16-5-7-45(55)73-52-43(53)12-13-44(52)54/h8-11,29-32H,5-7,12-28H2,1-4H3,(H3-,56,57,58,59,60,61,62,63,64,65,66)/p-2. The zero-order chi connectivity index (χ0) is 55.6. The molecule has 76 heavy (non-hydrogen) atoms. The molecule has 27 heteroatoms. The van der Waals surface area contributed by atoms with Gasteiger partial charge in [-0.15, -0.1) is 5.06 Å². The number of Topliss-reactive ketones (excluding diaryl/α,β-unsaturated/α-hetero) is 1. The van der Waals surface area contributed by atoms with Crippen molar-refractivity contribution in [3.8, 4) is 0 Å². The van der Waals surface area contributed by atoms with Gasteiger partial charge in [0.2, 0.25) is 11.5 Å². The maximum absolute atomic E-state index is 14.5. The van der Waals surface area contributed by atoms with E-state index in [0.717, 1.165) is 18.2 Å². The fourth-order valence-corrected chi connectivity index (χ4v) is 10.9. The Morgan fingerprint density at radius 1 is 0.711 bits per heavy atom. The molecule has 2 unspecified atom stereocenters. The minimum Gasteiger partial charge on any atom is -0.748 e. The van der Waals surface area contributed by atoms with E-state index in [0.29, 0.717) is 60.7 Å². The number of ketones is 1. The molecule has 3 aliphatic heterocycles. The highest BCUT2D eigenvalue weighted by Gasteiger charge is 2.50. The van der Waals surface area contributed by atoms with Crippen molar-refractivity contribution in [2.75, 3.05) is 104 Å². The third-order valence-electron chi connectivity index (χ3n) is 13.4. The Bertz CT molecular complexity index is 3010. The summed E-state index contributed by atoms with van der Waals surface area (Å²) in [6.07, 6.45) is 2.03. The first-order valence-electron chi connectivity index (χ1n) is 24.2. The van der Waals surface area contributed by atoms with E-state index in [1.807, 2.05) is 0 Å². The maximum atomic E-state index is 14.5. The average Bonchev–Trinajstić information content (AvgIpc) is 3.92. The lowest BCUT2D eigenvalue weighted by Gasteiger charge is -2.32. The van der Waals surface area contributed by atoms with Gasteiger partial charge < -0.3 is 56.9 Å². The van der Waals surface area contributed by atoms with Crippen LogP contribution in [0.4, 0.5) is 11.4 Å². The van der Waals surface area contributed by atoms with E-state index < -0.39 is 86.1 Å². The zero-order valence-electron chi connectivity index (χ0n) is 42.4. The van der Waals surface area contributed by atoms with Crippen molar-refractivity contribution in [3.05, 3.63) is 82.3 Å². The van der Waals surface area contributed by atoms with E-state index in [1.165, 1.54) is 37.5 Å². The third kappa shape index (κ3) is 14.2. The van der Waals surface area contributed by atoms with Crippen LogP contribution in [0.25, 0.3) is 0 Å². The number of imide groups is 1. The highest BCUT2D eigenvalue weighted by molar-refractivity contribution is 7.86. The van der Waals surface area contributed by atoms with E-state index >= 15 is 0 Å². The van der Waals surface area contributed by atoms with Crippen LogP contribution in [0.5, 0.6) is 0 Å². The number of anilines is 1. The van der Waals surface area contributed by atoms with E-state index in [1.54, 1.807) is 30.4 Å². The molecule has 0 bridgehead atoms. The SMILES string of the molecule is COCCOCCOCCOCCOCC[N+]1=C(/C=C2\C(=O)C(/C=C3/N(CCCC(=O)ON4C(=O)CCC4=O)c4ccc(S(=O)(=O)[O-])cc4C3(C)CCOC)=C2O)C(C)(CCCS(=O)(=O)[O-])c2cc(S(=O)(=O)[O-])ccc21. The normalized spacial score (nSPS) is 20.9. The van der Waals surface area contributed by atoms with Gasteiger partial charge in [0.05, 0.1) is 89.3 Å². The van der Waals surface area contributed by atoms with E-state index in [2.05, 4.69) is 0 Å². The topological polar surface area (TPSA) is 334 Å². The molecule has 1 fully saturated rings. The smallest absolute Gasteiger partial charge is 0.333 e. The Balaban J connectivity index is 1.35. The molecule has 0 aromatic heterocycles. The van der Waals surface area contributed by atoms with Crippen LogP contribution in [0.3, 0.4) is 0 Å². The largest absolute Gasteiger partial charge is 0.748 e. The predicted octanol–water partition coefficient (Wildman–Crippen LogP) is 2.30. The van der Waals surface area contributed by atoms with Gasteiger partial charge in [-0.2, -0.15) is 4.58 Å². The zero-order valence-corrected chi connectivity index (χ0v) is 44.9. The van der Waals surface area contributed by atoms with Crippen molar-refractivity contribution in [2.45, 2.75) is 79.4 Å². The lowest BCUT2D eigenvalue weighted by molar-refractivity contribution is -0.442. The van der Waals surface area contributed by atoms with Crippen molar-refractivity contribution in [3.63, 3.8) is 0 Å². The molecule has 0 spiro atoms.